The molecular formula is C21H30N2O4. The Bertz CT molecular complexity index is 665. The molecule has 2 aliphatic rings. The summed E-state index contributed by atoms with van der Waals surface area (Å²) in [5.41, 5.74) is 1.08. The molecule has 0 radical (unpaired) electrons. The third-order valence-corrected chi connectivity index (χ3v) is 6.25. The fraction of sp³-hybridized carbons (Fsp3) is 0.619. The lowest BCUT2D eigenvalue weighted by molar-refractivity contribution is -0.134. The highest BCUT2D eigenvalue weighted by atomic mass is 16.5. The Labute approximate surface area is 161 Å². The van der Waals surface area contributed by atoms with Crippen molar-refractivity contribution in [3.05, 3.63) is 29.8 Å². The number of ether oxygens (including phenoxy) is 2. The second kappa shape index (κ2) is 8.30. The van der Waals surface area contributed by atoms with Crippen LogP contribution in [0.2, 0.25) is 0 Å². The van der Waals surface area contributed by atoms with Crippen LogP contribution in [0.3, 0.4) is 0 Å². The molecule has 27 heavy (non-hydrogen) atoms. The second-order valence-corrected chi connectivity index (χ2v) is 7.82. The summed E-state index contributed by atoms with van der Waals surface area (Å²) in [4.78, 5) is 28.5. The Kier molecular flexibility index (Phi) is 6.05. The lowest BCUT2D eigenvalue weighted by atomic mass is 9.71. The van der Waals surface area contributed by atoms with Crippen LogP contribution in [0.4, 0.5) is 0 Å². The molecule has 6 heteroatoms. The van der Waals surface area contributed by atoms with Crippen LogP contribution in [0.25, 0.3) is 0 Å². The van der Waals surface area contributed by atoms with Crippen LogP contribution in [0.1, 0.15) is 25.3 Å². The Morgan fingerprint density at radius 1 is 1.11 bits per heavy atom. The summed E-state index contributed by atoms with van der Waals surface area (Å²) in [6.45, 7) is 5.36. The number of rotatable bonds is 5. The third kappa shape index (κ3) is 4.26. The van der Waals surface area contributed by atoms with Crippen molar-refractivity contribution >= 4 is 11.8 Å². The van der Waals surface area contributed by atoms with Crippen LogP contribution >= 0.6 is 0 Å². The first-order valence-corrected chi connectivity index (χ1v) is 9.62. The topological polar surface area (TPSA) is 59.1 Å². The van der Waals surface area contributed by atoms with Crippen molar-refractivity contribution < 1.29 is 19.1 Å². The quantitative estimate of drug-likeness (QED) is 0.791. The minimum Gasteiger partial charge on any atom is -0.497 e. The molecule has 0 aromatic heterocycles. The van der Waals surface area contributed by atoms with Crippen molar-refractivity contribution in [1.82, 2.24) is 9.80 Å². The molecule has 0 saturated carbocycles. The molecule has 2 heterocycles. The van der Waals surface area contributed by atoms with Crippen LogP contribution in [-0.4, -0.2) is 68.6 Å². The maximum atomic E-state index is 12.7. The van der Waals surface area contributed by atoms with Crippen LogP contribution in [0.5, 0.6) is 5.75 Å². The predicted octanol–water partition coefficient (Wildman–Crippen LogP) is 1.97. The average molecular weight is 374 g/mol. The number of methoxy groups -OCH3 is 2. The maximum Gasteiger partial charge on any atom is 0.226 e. The van der Waals surface area contributed by atoms with Gasteiger partial charge in [-0.2, -0.15) is 0 Å². The summed E-state index contributed by atoms with van der Waals surface area (Å²) in [6.07, 6.45) is 2.27. The number of piperidine rings is 1. The van der Waals surface area contributed by atoms with E-state index in [9.17, 15) is 9.59 Å². The van der Waals surface area contributed by atoms with E-state index in [4.69, 9.17) is 9.47 Å². The molecule has 0 bridgehead atoms. The van der Waals surface area contributed by atoms with E-state index in [1.54, 1.807) is 21.1 Å². The molecule has 1 aromatic rings. The number of benzene rings is 1. The van der Waals surface area contributed by atoms with Gasteiger partial charge in [0.05, 0.1) is 20.1 Å². The first-order chi connectivity index (χ1) is 13.0. The first kappa shape index (κ1) is 19.7. The van der Waals surface area contributed by atoms with E-state index in [0.717, 1.165) is 50.3 Å². The molecule has 2 saturated heterocycles. The molecule has 1 spiro atoms. The van der Waals surface area contributed by atoms with Gasteiger partial charge in [-0.05, 0) is 36.0 Å². The van der Waals surface area contributed by atoms with E-state index in [1.807, 2.05) is 34.1 Å². The molecule has 1 atom stereocenters. The standard InChI is InChI=1S/C21H30N2O4/c1-16(24)23-13-18(14-26-2)21(15-23)8-10-22(11-9-21)20(25)12-17-4-6-19(27-3)7-5-17/h4-7,18H,8-15H2,1-3H3. The van der Waals surface area contributed by atoms with Gasteiger partial charge in [0, 0.05) is 46.1 Å². The average Bonchev–Trinajstić information content (AvgIpc) is 3.01. The number of nitrogens with zero attached hydrogens (tertiary/aromatic N) is 2. The zero-order chi connectivity index (χ0) is 19.4. The highest BCUT2D eigenvalue weighted by Crippen LogP contribution is 2.44. The summed E-state index contributed by atoms with van der Waals surface area (Å²) in [6, 6.07) is 7.66. The van der Waals surface area contributed by atoms with Crippen molar-refractivity contribution in [2.75, 3.05) is 47.0 Å². The zero-order valence-electron chi connectivity index (χ0n) is 16.6. The normalized spacial score (nSPS) is 21.5. The molecule has 0 aliphatic carbocycles. The largest absolute Gasteiger partial charge is 0.497 e. The predicted molar refractivity (Wildman–Crippen MR) is 103 cm³/mol. The van der Waals surface area contributed by atoms with E-state index in [0.29, 0.717) is 18.9 Å². The molecule has 148 valence electrons. The van der Waals surface area contributed by atoms with Crippen molar-refractivity contribution in [3.63, 3.8) is 0 Å². The maximum absolute atomic E-state index is 12.7. The monoisotopic (exact) mass is 374 g/mol. The van der Waals surface area contributed by atoms with Gasteiger partial charge in [-0.25, -0.2) is 0 Å². The smallest absolute Gasteiger partial charge is 0.226 e. The van der Waals surface area contributed by atoms with Gasteiger partial charge in [0.2, 0.25) is 11.8 Å². The third-order valence-electron chi connectivity index (χ3n) is 6.25. The fourth-order valence-corrected chi connectivity index (χ4v) is 4.50. The van der Waals surface area contributed by atoms with E-state index in [1.165, 1.54) is 0 Å². The van der Waals surface area contributed by atoms with Crippen LogP contribution in [0, 0.1) is 11.3 Å². The van der Waals surface area contributed by atoms with Crippen molar-refractivity contribution in [2.24, 2.45) is 11.3 Å². The van der Waals surface area contributed by atoms with Crippen LogP contribution in [-0.2, 0) is 20.7 Å². The van der Waals surface area contributed by atoms with Gasteiger partial charge in [0.25, 0.3) is 0 Å². The van der Waals surface area contributed by atoms with E-state index >= 15 is 0 Å². The minimum absolute atomic E-state index is 0.0819. The molecular weight excluding hydrogens is 344 g/mol. The van der Waals surface area contributed by atoms with Gasteiger partial charge in [-0.15, -0.1) is 0 Å². The highest BCUT2D eigenvalue weighted by molar-refractivity contribution is 5.79. The fourth-order valence-electron chi connectivity index (χ4n) is 4.50. The molecule has 6 nitrogen and oxygen atoms in total. The summed E-state index contributed by atoms with van der Waals surface area (Å²) >= 11 is 0. The summed E-state index contributed by atoms with van der Waals surface area (Å²) in [7, 11) is 3.36. The Balaban J connectivity index is 1.59. The van der Waals surface area contributed by atoms with Crippen molar-refractivity contribution in [2.45, 2.75) is 26.2 Å². The molecule has 2 fully saturated rings. The lowest BCUT2D eigenvalue weighted by Gasteiger charge is -2.42. The molecule has 1 aromatic carbocycles. The summed E-state index contributed by atoms with van der Waals surface area (Å²) < 4.78 is 10.6. The Morgan fingerprint density at radius 2 is 1.78 bits per heavy atom. The number of hydrogen-bond donors (Lipinski definition) is 0. The summed E-state index contributed by atoms with van der Waals surface area (Å²) in [5.74, 6) is 1.45. The number of amides is 2. The van der Waals surface area contributed by atoms with E-state index in [-0.39, 0.29) is 17.2 Å². The SMILES string of the molecule is COCC1CN(C(C)=O)CC12CCN(C(=O)Cc1ccc(OC)cc1)CC2. The summed E-state index contributed by atoms with van der Waals surface area (Å²) in [5, 5.41) is 0. The number of carbonyl (C=O) groups excluding carboxylic acids is 2. The van der Waals surface area contributed by atoms with Crippen LogP contribution < -0.4 is 4.74 Å². The molecule has 3 rings (SSSR count). The van der Waals surface area contributed by atoms with Crippen molar-refractivity contribution in [3.8, 4) is 5.75 Å². The zero-order valence-corrected chi connectivity index (χ0v) is 16.6. The van der Waals surface area contributed by atoms with Gasteiger partial charge in [0.1, 0.15) is 5.75 Å². The number of hydrogen-bond acceptors (Lipinski definition) is 4. The number of likely N-dealkylation sites (tertiary alicyclic amines) is 2. The van der Waals surface area contributed by atoms with Gasteiger partial charge in [-0.1, -0.05) is 12.1 Å². The van der Waals surface area contributed by atoms with Crippen molar-refractivity contribution in [1.29, 1.82) is 0 Å². The number of carbonyl (C=O) groups is 2. The molecule has 2 amide bonds. The second-order valence-electron chi connectivity index (χ2n) is 7.82. The molecule has 2 aliphatic heterocycles. The first-order valence-electron chi connectivity index (χ1n) is 9.62. The van der Waals surface area contributed by atoms with E-state index in [2.05, 4.69) is 0 Å². The molecule has 1 unspecified atom stereocenters. The minimum atomic E-state index is 0.0819. The highest BCUT2D eigenvalue weighted by Gasteiger charge is 2.49. The molecule has 0 N–H and O–H groups in total. The van der Waals surface area contributed by atoms with Gasteiger partial charge in [0.15, 0.2) is 0 Å². The van der Waals surface area contributed by atoms with Crippen LogP contribution in [0.15, 0.2) is 24.3 Å². The van der Waals surface area contributed by atoms with Gasteiger partial charge < -0.3 is 19.3 Å². The Morgan fingerprint density at radius 3 is 2.33 bits per heavy atom. The Hall–Kier alpha value is -2.08. The lowest BCUT2D eigenvalue weighted by Crippen LogP contribution is -2.47. The van der Waals surface area contributed by atoms with E-state index < -0.39 is 0 Å². The van der Waals surface area contributed by atoms with Gasteiger partial charge in [-0.3, -0.25) is 9.59 Å². The van der Waals surface area contributed by atoms with Gasteiger partial charge >= 0.3 is 0 Å².